The molecule has 4 rings (SSSR count). The first-order chi connectivity index (χ1) is 10.3. The Labute approximate surface area is 126 Å². The van der Waals surface area contributed by atoms with Gasteiger partial charge in [0.25, 0.3) is 0 Å². The fourth-order valence-corrected chi connectivity index (χ4v) is 4.19. The molecule has 1 aliphatic heterocycles. The molecule has 3 atom stereocenters. The summed E-state index contributed by atoms with van der Waals surface area (Å²) in [6.45, 7) is 1.82. The third-order valence-corrected chi connectivity index (χ3v) is 5.48. The van der Waals surface area contributed by atoms with Crippen LogP contribution >= 0.6 is 0 Å². The SMILES string of the molecule is O=C(C1NCC2CCCC21)N(Cc1ccccc1)C1CC1. The number of carbonyl (C=O) groups is 1. The molecule has 0 bridgehead atoms. The monoisotopic (exact) mass is 284 g/mol. The average Bonchev–Trinajstić information content (AvgIpc) is 3.10. The lowest BCUT2D eigenvalue weighted by Crippen LogP contribution is -2.47. The van der Waals surface area contributed by atoms with Gasteiger partial charge in [0.2, 0.25) is 5.91 Å². The summed E-state index contributed by atoms with van der Waals surface area (Å²) in [7, 11) is 0. The van der Waals surface area contributed by atoms with Gasteiger partial charge in [-0.3, -0.25) is 4.79 Å². The molecule has 0 spiro atoms. The van der Waals surface area contributed by atoms with Crippen molar-refractivity contribution in [3.63, 3.8) is 0 Å². The molecule has 1 heterocycles. The van der Waals surface area contributed by atoms with Crippen molar-refractivity contribution < 1.29 is 4.79 Å². The van der Waals surface area contributed by atoms with Crippen LogP contribution in [-0.2, 0) is 11.3 Å². The zero-order chi connectivity index (χ0) is 14.2. The second kappa shape index (κ2) is 5.45. The molecule has 3 heteroatoms. The van der Waals surface area contributed by atoms with E-state index < -0.39 is 0 Å². The summed E-state index contributed by atoms with van der Waals surface area (Å²) in [4.78, 5) is 15.2. The number of fused-ring (bicyclic) bond motifs is 1. The summed E-state index contributed by atoms with van der Waals surface area (Å²) >= 11 is 0. The van der Waals surface area contributed by atoms with Gasteiger partial charge in [-0.05, 0) is 49.6 Å². The van der Waals surface area contributed by atoms with Gasteiger partial charge >= 0.3 is 0 Å². The van der Waals surface area contributed by atoms with Gasteiger partial charge in [-0.25, -0.2) is 0 Å². The zero-order valence-electron chi connectivity index (χ0n) is 12.5. The first-order valence-corrected chi connectivity index (χ1v) is 8.41. The summed E-state index contributed by atoms with van der Waals surface area (Å²) < 4.78 is 0. The van der Waals surface area contributed by atoms with Crippen LogP contribution in [0.2, 0.25) is 0 Å². The maximum Gasteiger partial charge on any atom is 0.240 e. The van der Waals surface area contributed by atoms with Crippen LogP contribution in [-0.4, -0.2) is 29.4 Å². The number of nitrogens with one attached hydrogen (secondary N) is 1. The molecule has 1 saturated heterocycles. The third kappa shape index (κ3) is 2.59. The maximum absolute atomic E-state index is 13.0. The van der Waals surface area contributed by atoms with E-state index in [0.717, 1.165) is 19.0 Å². The number of amides is 1. The van der Waals surface area contributed by atoms with Gasteiger partial charge < -0.3 is 10.2 Å². The van der Waals surface area contributed by atoms with Gasteiger partial charge in [-0.15, -0.1) is 0 Å². The Morgan fingerprint density at radius 2 is 1.95 bits per heavy atom. The third-order valence-electron chi connectivity index (χ3n) is 5.48. The van der Waals surface area contributed by atoms with Crippen molar-refractivity contribution in [1.29, 1.82) is 0 Å². The quantitative estimate of drug-likeness (QED) is 0.921. The van der Waals surface area contributed by atoms with E-state index in [9.17, 15) is 4.79 Å². The molecular formula is C18H24N2O. The zero-order valence-corrected chi connectivity index (χ0v) is 12.5. The molecule has 21 heavy (non-hydrogen) atoms. The van der Waals surface area contributed by atoms with Crippen LogP contribution in [0.15, 0.2) is 30.3 Å². The predicted molar refractivity (Wildman–Crippen MR) is 82.6 cm³/mol. The normalized spacial score (nSPS) is 31.1. The largest absolute Gasteiger partial charge is 0.334 e. The van der Waals surface area contributed by atoms with Gasteiger partial charge in [0.1, 0.15) is 0 Å². The van der Waals surface area contributed by atoms with E-state index in [4.69, 9.17) is 0 Å². The number of hydrogen-bond acceptors (Lipinski definition) is 2. The van der Waals surface area contributed by atoms with Crippen LogP contribution in [0.3, 0.4) is 0 Å². The van der Waals surface area contributed by atoms with Crippen molar-refractivity contribution in [2.75, 3.05) is 6.54 Å². The molecule has 1 amide bonds. The first kappa shape index (κ1) is 13.3. The Balaban J connectivity index is 1.50. The van der Waals surface area contributed by atoms with Crippen LogP contribution in [0, 0.1) is 11.8 Å². The van der Waals surface area contributed by atoms with E-state index in [1.807, 2.05) is 6.07 Å². The van der Waals surface area contributed by atoms with E-state index in [-0.39, 0.29) is 6.04 Å². The number of benzene rings is 1. The molecule has 0 aromatic heterocycles. The molecule has 1 N–H and O–H groups in total. The molecule has 3 unspecified atom stereocenters. The van der Waals surface area contributed by atoms with Gasteiger partial charge in [-0.2, -0.15) is 0 Å². The maximum atomic E-state index is 13.0. The summed E-state index contributed by atoms with van der Waals surface area (Å²) in [6, 6.07) is 11.0. The van der Waals surface area contributed by atoms with Crippen molar-refractivity contribution in [2.24, 2.45) is 11.8 Å². The van der Waals surface area contributed by atoms with Crippen LogP contribution in [0.4, 0.5) is 0 Å². The van der Waals surface area contributed by atoms with Crippen LogP contribution < -0.4 is 5.32 Å². The van der Waals surface area contributed by atoms with Crippen molar-refractivity contribution in [2.45, 2.75) is 50.7 Å². The van der Waals surface area contributed by atoms with Crippen LogP contribution in [0.1, 0.15) is 37.7 Å². The standard InChI is InChI=1S/C18H24N2O/c21-18(17-16-8-4-7-14(16)11-19-17)20(15-9-10-15)12-13-5-2-1-3-6-13/h1-3,5-6,14-17,19H,4,7-12H2. The minimum Gasteiger partial charge on any atom is -0.334 e. The Morgan fingerprint density at radius 1 is 1.14 bits per heavy atom. The summed E-state index contributed by atoms with van der Waals surface area (Å²) in [5.74, 6) is 1.70. The molecule has 3 aliphatic rings. The molecule has 3 nitrogen and oxygen atoms in total. The fraction of sp³-hybridized carbons (Fsp3) is 0.611. The number of rotatable bonds is 4. The fourth-order valence-electron chi connectivity index (χ4n) is 4.19. The predicted octanol–water partition coefficient (Wildman–Crippen LogP) is 2.57. The minimum atomic E-state index is 0.0850. The minimum absolute atomic E-state index is 0.0850. The van der Waals surface area contributed by atoms with Crippen LogP contribution in [0.25, 0.3) is 0 Å². The molecule has 1 aromatic carbocycles. The molecule has 112 valence electrons. The van der Waals surface area contributed by atoms with Gasteiger partial charge in [-0.1, -0.05) is 36.8 Å². The lowest BCUT2D eigenvalue weighted by molar-refractivity contribution is -0.135. The second-order valence-electron chi connectivity index (χ2n) is 6.92. The summed E-state index contributed by atoms with van der Waals surface area (Å²) in [5, 5.41) is 3.52. The highest BCUT2D eigenvalue weighted by Gasteiger charge is 2.45. The Morgan fingerprint density at radius 3 is 2.71 bits per heavy atom. The highest BCUT2D eigenvalue weighted by Crippen LogP contribution is 2.39. The van der Waals surface area contributed by atoms with E-state index in [2.05, 4.69) is 34.5 Å². The summed E-state index contributed by atoms with van der Waals surface area (Å²) in [6.07, 6.45) is 6.21. The molecule has 2 aliphatic carbocycles. The van der Waals surface area contributed by atoms with Crippen LogP contribution in [0.5, 0.6) is 0 Å². The van der Waals surface area contributed by atoms with E-state index in [1.165, 1.54) is 37.7 Å². The molecule has 1 aromatic rings. The lowest BCUT2D eigenvalue weighted by Gasteiger charge is -2.28. The number of carbonyl (C=O) groups excluding carboxylic acids is 1. The Bertz CT molecular complexity index is 511. The topological polar surface area (TPSA) is 32.3 Å². The van der Waals surface area contributed by atoms with E-state index in [1.54, 1.807) is 0 Å². The average molecular weight is 284 g/mol. The van der Waals surface area contributed by atoms with E-state index >= 15 is 0 Å². The molecular weight excluding hydrogens is 260 g/mol. The van der Waals surface area contributed by atoms with Crippen molar-refractivity contribution in [1.82, 2.24) is 10.2 Å². The van der Waals surface area contributed by atoms with E-state index in [0.29, 0.717) is 17.9 Å². The molecule has 2 saturated carbocycles. The Kier molecular flexibility index (Phi) is 3.46. The van der Waals surface area contributed by atoms with Gasteiger partial charge in [0.05, 0.1) is 6.04 Å². The lowest BCUT2D eigenvalue weighted by atomic mass is 9.93. The van der Waals surface area contributed by atoms with Gasteiger partial charge in [0.15, 0.2) is 0 Å². The number of nitrogens with zero attached hydrogens (tertiary/aromatic N) is 1. The summed E-state index contributed by atoms with van der Waals surface area (Å²) in [5.41, 5.74) is 1.25. The molecule has 3 fully saturated rings. The highest BCUT2D eigenvalue weighted by molar-refractivity contribution is 5.83. The van der Waals surface area contributed by atoms with Crippen molar-refractivity contribution in [3.05, 3.63) is 35.9 Å². The number of hydrogen-bond donors (Lipinski definition) is 1. The Hall–Kier alpha value is -1.35. The smallest absolute Gasteiger partial charge is 0.240 e. The van der Waals surface area contributed by atoms with Crippen molar-refractivity contribution >= 4 is 5.91 Å². The molecule has 0 radical (unpaired) electrons. The second-order valence-corrected chi connectivity index (χ2v) is 6.92. The van der Waals surface area contributed by atoms with Crippen molar-refractivity contribution in [3.8, 4) is 0 Å². The highest BCUT2D eigenvalue weighted by atomic mass is 16.2. The van der Waals surface area contributed by atoms with Gasteiger partial charge in [0, 0.05) is 12.6 Å². The first-order valence-electron chi connectivity index (χ1n) is 8.41.